The quantitative estimate of drug-likeness (QED) is 0.707. The number of ether oxygens (including phenoxy) is 2. The summed E-state index contributed by atoms with van der Waals surface area (Å²) >= 11 is 1.62. The van der Waals surface area contributed by atoms with E-state index in [0.29, 0.717) is 18.9 Å². The van der Waals surface area contributed by atoms with E-state index in [0.717, 1.165) is 17.3 Å². The lowest BCUT2D eigenvalue weighted by atomic mass is 10.1. The van der Waals surface area contributed by atoms with Crippen LogP contribution in [0.5, 0.6) is 11.5 Å². The topological polar surface area (TPSA) is 47.6 Å². The molecule has 0 saturated carbocycles. The molecule has 0 heterocycles. The van der Waals surface area contributed by atoms with Crippen molar-refractivity contribution in [3.05, 3.63) is 59.7 Å². The molecule has 0 aliphatic heterocycles. The molecule has 0 radical (unpaired) electrons. The maximum atomic E-state index is 11.8. The van der Waals surface area contributed by atoms with E-state index in [1.807, 2.05) is 36.4 Å². The molecule has 0 aromatic heterocycles. The predicted molar refractivity (Wildman–Crippen MR) is 98.8 cm³/mol. The van der Waals surface area contributed by atoms with Crippen LogP contribution in [0.2, 0.25) is 0 Å². The van der Waals surface area contributed by atoms with Crippen molar-refractivity contribution in [3.63, 3.8) is 0 Å². The first-order chi connectivity index (χ1) is 11.7. The fourth-order valence-electron chi connectivity index (χ4n) is 2.11. The van der Waals surface area contributed by atoms with Crippen LogP contribution in [0, 0.1) is 6.92 Å². The molecule has 2 aromatic rings. The smallest absolute Gasteiger partial charge is 0.230 e. The summed E-state index contributed by atoms with van der Waals surface area (Å²) in [5.74, 6) is 2.89. The van der Waals surface area contributed by atoms with E-state index in [2.05, 4.69) is 24.4 Å². The van der Waals surface area contributed by atoms with Gasteiger partial charge in [0.1, 0.15) is 18.1 Å². The minimum absolute atomic E-state index is 0.0342. The highest BCUT2D eigenvalue weighted by Gasteiger charge is 2.03. The number of carbonyl (C=O) groups excluding carboxylic acids is 1. The SMILES string of the molecule is COc1ccc(OCCNC(=O)CSCc2ccccc2C)cc1. The predicted octanol–water partition coefficient (Wildman–Crippen LogP) is 3.43. The van der Waals surface area contributed by atoms with Gasteiger partial charge in [0.05, 0.1) is 19.4 Å². The Balaban J connectivity index is 1.58. The van der Waals surface area contributed by atoms with E-state index in [1.54, 1.807) is 18.9 Å². The average molecular weight is 345 g/mol. The Hall–Kier alpha value is -2.14. The third-order valence-corrected chi connectivity index (χ3v) is 4.49. The summed E-state index contributed by atoms with van der Waals surface area (Å²) in [6, 6.07) is 15.6. The molecule has 128 valence electrons. The minimum atomic E-state index is 0.0342. The Morgan fingerprint density at radius 2 is 1.79 bits per heavy atom. The van der Waals surface area contributed by atoms with E-state index in [1.165, 1.54) is 11.1 Å². The molecule has 1 amide bonds. The second-order valence-corrected chi connectivity index (χ2v) is 6.28. The number of thioether (sulfide) groups is 1. The molecule has 0 unspecified atom stereocenters. The van der Waals surface area contributed by atoms with Crippen LogP contribution in [0.3, 0.4) is 0 Å². The van der Waals surface area contributed by atoms with Crippen LogP contribution in [-0.2, 0) is 10.5 Å². The van der Waals surface area contributed by atoms with Crippen LogP contribution in [0.15, 0.2) is 48.5 Å². The highest BCUT2D eigenvalue weighted by Crippen LogP contribution is 2.17. The number of rotatable bonds is 9. The molecule has 2 aromatic carbocycles. The fraction of sp³-hybridized carbons (Fsp3) is 0.316. The van der Waals surface area contributed by atoms with Crippen molar-refractivity contribution >= 4 is 17.7 Å². The number of methoxy groups -OCH3 is 1. The van der Waals surface area contributed by atoms with Crippen molar-refractivity contribution in [2.45, 2.75) is 12.7 Å². The molecule has 24 heavy (non-hydrogen) atoms. The third kappa shape index (κ3) is 6.16. The summed E-state index contributed by atoms with van der Waals surface area (Å²) in [4.78, 5) is 11.8. The van der Waals surface area contributed by atoms with Gasteiger partial charge in [-0.25, -0.2) is 0 Å². The second kappa shape index (κ2) is 9.88. The first-order valence-corrected chi connectivity index (χ1v) is 9.00. The zero-order valence-corrected chi connectivity index (χ0v) is 14.9. The van der Waals surface area contributed by atoms with Crippen molar-refractivity contribution in [1.29, 1.82) is 0 Å². The lowest BCUT2D eigenvalue weighted by Crippen LogP contribution is -2.29. The summed E-state index contributed by atoms with van der Waals surface area (Å²) < 4.78 is 10.7. The Bertz CT molecular complexity index is 643. The molecule has 1 N–H and O–H groups in total. The molecule has 0 saturated heterocycles. The number of carbonyl (C=O) groups is 1. The fourth-order valence-corrected chi connectivity index (χ4v) is 3.04. The van der Waals surface area contributed by atoms with Gasteiger partial charge >= 0.3 is 0 Å². The summed E-state index contributed by atoms with van der Waals surface area (Å²) in [5, 5.41) is 2.87. The van der Waals surface area contributed by atoms with Crippen LogP contribution < -0.4 is 14.8 Å². The molecular formula is C19H23NO3S. The van der Waals surface area contributed by atoms with Crippen LogP contribution in [-0.4, -0.2) is 31.9 Å². The van der Waals surface area contributed by atoms with Gasteiger partial charge in [-0.05, 0) is 42.3 Å². The summed E-state index contributed by atoms with van der Waals surface area (Å²) in [6.45, 7) is 3.03. The largest absolute Gasteiger partial charge is 0.497 e. The lowest BCUT2D eigenvalue weighted by molar-refractivity contribution is -0.118. The highest BCUT2D eigenvalue weighted by molar-refractivity contribution is 7.99. The molecular weight excluding hydrogens is 322 g/mol. The van der Waals surface area contributed by atoms with Gasteiger partial charge in [0, 0.05) is 5.75 Å². The maximum absolute atomic E-state index is 11.8. The Morgan fingerprint density at radius 3 is 2.50 bits per heavy atom. The monoisotopic (exact) mass is 345 g/mol. The molecule has 0 aliphatic rings. The first-order valence-electron chi connectivity index (χ1n) is 7.85. The van der Waals surface area contributed by atoms with E-state index in [-0.39, 0.29) is 5.91 Å². The van der Waals surface area contributed by atoms with Crippen molar-refractivity contribution in [3.8, 4) is 11.5 Å². The molecule has 5 heteroatoms. The van der Waals surface area contributed by atoms with Gasteiger partial charge in [0.2, 0.25) is 5.91 Å². The summed E-state index contributed by atoms with van der Waals surface area (Å²) in [5.41, 5.74) is 2.54. The van der Waals surface area contributed by atoms with Gasteiger partial charge in [-0.15, -0.1) is 11.8 Å². The normalized spacial score (nSPS) is 10.2. The van der Waals surface area contributed by atoms with Gasteiger partial charge in [-0.3, -0.25) is 4.79 Å². The molecule has 0 fully saturated rings. The first kappa shape index (κ1) is 18.2. The Labute approximate surface area is 147 Å². The van der Waals surface area contributed by atoms with Crippen molar-refractivity contribution < 1.29 is 14.3 Å². The maximum Gasteiger partial charge on any atom is 0.230 e. The average Bonchev–Trinajstić information content (AvgIpc) is 2.61. The lowest BCUT2D eigenvalue weighted by Gasteiger charge is -2.09. The van der Waals surface area contributed by atoms with Gasteiger partial charge < -0.3 is 14.8 Å². The third-order valence-electron chi connectivity index (χ3n) is 3.50. The van der Waals surface area contributed by atoms with E-state index in [4.69, 9.17) is 9.47 Å². The van der Waals surface area contributed by atoms with Crippen molar-refractivity contribution in [2.24, 2.45) is 0 Å². The zero-order valence-electron chi connectivity index (χ0n) is 14.1. The van der Waals surface area contributed by atoms with Crippen molar-refractivity contribution in [1.82, 2.24) is 5.32 Å². The number of nitrogens with one attached hydrogen (secondary N) is 1. The molecule has 0 spiro atoms. The minimum Gasteiger partial charge on any atom is -0.497 e. The van der Waals surface area contributed by atoms with Gasteiger partial charge in [-0.2, -0.15) is 0 Å². The standard InChI is InChI=1S/C19H23NO3S/c1-15-5-3-4-6-16(15)13-24-14-19(21)20-11-12-23-18-9-7-17(22-2)8-10-18/h3-10H,11-14H2,1-2H3,(H,20,21). The molecule has 0 atom stereocenters. The summed E-state index contributed by atoms with van der Waals surface area (Å²) in [6.07, 6.45) is 0. The number of benzene rings is 2. The number of aryl methyl sites for hydroxylation is 1. The van der Waals surface area contributed by atoms with Gasteiger partial charge in [-0.1, -0.05) is 24.3 Å². The van der Waals surface area contributed by atoms with E-state index in [9.17, 15) is 4.79 Å². The Morgan fingerprint density at radius 1 is 1.08 bits per heavy atom. The number of amides is 1. The molecule has 2 rings (SSSR count). The van der Waals surface area contributed by atoms with Crippen LogP contribution in [0.25, 0.3) is 0 Å². The van der Waals surface area contributed by atoms with Crippen LogP contribution >= 0.6 is 11.8 Å². The molecule has 4 nitrogen and oxygen atoms in total. The molecule has 0 aliphatic carbocycles. The summed E-state index contributed by atoms with van der Waals surface area (Å²) in [7, 11) is 1.63. The van der Waals surface area contributed by atoms with Crippen molar-refractivity contribution in [2.75, 3.05) is 26.0 Å². The van der Waals surface area contributed by atoms with Gasteiger partial charge in [0.25, 0.3) is 0 Å². The van der Waals surface area contributed by atoms with Gasteiger partial charge in [0.15, 0.2) is 0 Å². The number of hydrogen-bond donors (Lipinski definition) is 1. The van der Waals surface area contributed by atoms with Crippen LogP contribution in [0.4, 0.5) is 0 Å². The zero-order chi connectivity index (χ0) is 17.2. The Kier molecular flexibility index (Phi) is 7.49. The number of hydrogen-bond acceptors (Lipinski definition) is 4. The van der Waals surface area contributed by atoms with Crippen LogP contribution in [0.1, 0.15) is 11.1 Å². The van der Waals surface area contributed by atoms with E-state index >= 15 is 0 Å². The second-order valence-electron chi connectivity index (χ2n) is 5.29. The molecule has 0 bridgehead atoms. The van der Waals surface area contributed by atoms with E-state index < -0.39 is 0 Å². The highest BCUT2D eigenvalue weighted by atomic mass is 32.2.